The van der Waals surface area contributed by atoms with E-state index in [1.165, 1.54) is 53.2 Å². The van der Waals surface area contributed by atoms with E-state index in [4.69, 9.17) is 4.42 Å². The maximum atomic E-state index is 6.45. The standard InChI is InChI=1S/C46H29NOS/c1-2-9-32-26-34(23-20-29(32)8-1)30-18-21-31(22-19-30)37-13-6-15-41-45(37)46-40(14-7-16-42(46)48-41)47-36-11-5-10-33(27-36)35-24-25-44-39(28-35)38-12-3-4-17-43(38)49-44/h1-28,47H. The third-order valence-corrected chi connectivity index (χ3v) is 10.8. The number of rotatable bonds is 5. The molecule has 0 aliphatic rings. The van der Waals surface area contributed by atoms with Gasteiger partial charge in [-0.3, -0.25) is 0 Å². The van der Waals surface area contributed by atoms with E-state index in [1.54, 1.807) is 0 Å². The molecule has 2 aromatic heterocycles. The highest BCUT2D eigenvalue weighted by atomic mass is 32.1. The monoisotopic (exact) mass is 643 g/mol. The summed E-state index contributed by atoms with van der Waals surface area (Å²) in [7, 11) is 0. The molecular formula is C46H29NOS. The molecule has 0 atom stereocenters. The Morgan fingerprint density at radius 3 is 2.00 bits per heavy atom. The molecule has 0 saturated heterocycles. The van der Waals surface area contributed by atoms with Gasteiger partial charge in [-0.2, -0.15) is 0 Å². The predicted molar refractivity (Wildman–Crippen MR) is 210 cm³/mol. The van der Waals surface area contributed by atoms with E-state index in [-0.39, 0.29) is 0 Å². The lowest BCUT2D eigenvalue weighted by Crippen LogP contribution is -1.92. The van der Waals surface area contributed by atoms with Crippen molar-refractivity contribution in [3.8, 4) is 33.4 Å². The van der Waals surface area contributed by atoms with Crippen LogP contribution in [0.25, 0.3) is 86.3 Å². The minimum absolute atomic E-state index is 0.867. The fraction of sp³-hybridized carbons (Fsp3) is 0. The molecule has 0 aliphatic heterocycles. The van der Waals surface area contributed by atoms with Gasteiger partial charge in [-0.1, -0.05) is 115 Å². The summed E-state index contributed by atoms with van der Waals surface area (Å²) in [5.41, 5.74) is 10.9. The molecule has 0 saturated carbocycles. The lowest BCUT2D eigenvalue weighted by molar-refractivity contribution is 0.669. The highest BCUT2D eigenvalue weighted by Gasteiger charge is 2.16. The third kappa shape index (κ3) is 4.78. The summed E-state index contributed by atoms with van der Waals surface area (Å²) >= 11 is 1.85. The largest absolute Gasteiger partial charge is 0.456 e. The number of benzene rings is 8. The van der Waals surface area contributed by atoms with Crippen LogP contribution >= 0.6 is 11.3 Å². The third-order valence-electron chi connectivity index (χ3n) is 9.65. The number of fused-ring (bicyclic) bond motifs is 7. The normalized spacial score (nSPS) is 11.7. The summed E-state index contributed by atoms with van der Waals surface area (Å²) in [6.45, 7) is 0. The van der Waals surface area contributed by atoms with Crippen molar-refractivity contribution in [3.05, 3.63) is 170 Å². The number of nitrogens with one attached hydrogen (secondary N) is 1. The molecule has 2 heterocycles. The Hall–Kier alpha value is -6.16. The zero-order chi connectivity index (χ0) is 32.3. The van der Waals surface area contributed by atoms with Gasteiger partial charge in [0.25, 0.3) is 0 Å². The van der Waals surface area contributed by atoms with Crippen LogP contribution in [0.1, 0.15) is 0 Å². The van der Waals surface area contributed by atoms with Gasteiger partial charge in [-0.15, -0.1) is 11.3 Å². The van der Waals surface area contributed by atoms with E-state index in [9.17, 15) is 0 Å². The highest BCUT2D eigenvalue weighted by Crippen LogP contribution is 2.42. The van der Waals surface area contributed by atoms with Gasteiger partial charge in [0.15, 0.2) is 0 Å². The molecule has 1 N–H and O–H groups in total. The minimum atomic E-state index is 0.867. The molecule has 0 spiro atoms. The average Bonchev–Trinajstić information content (AvgIpc) is 3.74. The second-order valence-electron chi connectivity index (χ2n) is 12.6. The topological polar surface area (TPSA) is 25.2 Å². The molecule has 230 valence electrons. The fourth-order valence-corrected chi connectivity index (χ4v) is 8.35. The summed E-state index contributed by atoms with van der Waals surface area (Å²) in [4.78, 5) is 0. The SMILES string of the molecule is c1cc(Nc2cccc3oc4cccc(-c5ccc(-c6ccc7ccccc7c6)cc5)c4c23)cc(-c2ccc3sc4ccccc4c3c2)c1. The molecule has 0 fully saturated rings. The van der Waals surface area contributed by atoms with Crippen molar-refractivity contribution in [1.29, 1.82) is 0 Å². The van der Waals surface area contributed by atoms with Gasteiger partial charge >= 0.3 is 0 Å². The second kappa shape index (κ2) is 11.2. The van der Waals surface area contributed by atoms with Crippen molar-refractivity contribution < 1.29 is 4.42 Å². The second-order valence-corrected chi connectivity index (χ2v) is 13.7. The zero-order valence-corrected chi connectivity index (χ0v) is 27.3. The van der Waals surface area contributed by atoms with Crippen LogP contribution in [0.5, 0.6) is 0 Å². The first-order chi connectivity index (χ1) is 24.2. The zero-order valence-electron chi connectivity index (χ0n) is 26.5. The van der Waals surface area contributed by atoms with E-state index in [1.807, 2.05) is 11.3 Å². The van der Waals surface area contributed by atoms with Gasteiger partial charge < -0.3 is 9.73 Å². The van der Waals surface area contributed by atoms with Crippen molar-refractivity contribution in [1.82, 2.24) is 0 Å². The van der Waals surface area contributed by atoms with Crippen LogP contribution in [0.3, 0.4) is 0 Å². The molecule has 0 aliphatic carbocycles. The summed E-state index contributed by atoms with van der Waals surface area (Å²) in [5.74, 6) is 0. The summed E-state index contributed by atoms with van der Waals surface area (Å²) in [6, 6.07) is 60.9. The van der Waals surface area contributed by atoms with Crippen LogP contribution < -0.4 is 5.32 Å². The first-order valence-electron chi connectivity index (χ1n) is 16.6. The maximum absolute atomic E-state index is 6.45. The predicted octanol–water partition coefficient (Wildman–Crippen LogP) is 13.9. The fourth-order valence-electron chi connectivity index (χ4n) is 7.26. The summed E-state index contributed by atoms with van der Waals surface area (Å²) in [5, 5.41) is 11.1. The van der Waals surface area contributed by atoms with Crippen molar-refractivity contribution in [2.45, 2.75) is 0 Å². The Morgan fingerprint density at radius 1 is 0.408 bits per heavy atom. The quantitative estimate of drug-likeness (QED) is 0.202. The number of hydrogen-bond acceptors (Lipinski definition) is 3. The Bertz CT molecular complexity index is 2860. The number of hydrogen-bond donors (Lipinski definition) is 1. The summed E-state index contributed by atoms with van der Waals surface area (Å²) < 4.78 is 9.09. The van der Waals surface area contributed by atoms with Crippen molar-refractivity contribution in [2.75, 3.05) is 5.32 Å². The maximum Gasteiger partial charge on any atom is 0.137 e. The van der Waals surface area contributed by atoms with Gasteiger partial charge in [0.05, 0.1) is 11.1 Å². The average molecular weight is 644 g/mol. The Morgan fingerprint density at radius 2 is 1.08 bits per heavy atom. The highest BCUT2D eigenvalue weighted by molar-refractivity contribution is 7.25. The molecule has 10 aromatic rings. The van der Waals surface area contributed by atoms with Crippen LogP contribution in [0, 0.1) is 0 Å². The smallest absolute Gasteiger partial charge is 0.137 e. The van der Waals surface area contributed by atoms with Gasteiger partial charge in [-0.25, -0.2) is 0 Å². The molecule has 0 unspecified atom stereocenters. The molecule has 10 rings (SSSR count). The number of thiophene rings is 1. The molecule has 3 heteroatoms. The summed E-state index contributed by atoms with van der Waals surface area (Å²) in [6.07, 6.45) is 0. The van der Waals surface area contributed by atoms with Crippen LogP contribution in [0.2, 0.25) is 0 Å². The van der Waals surface area contributed by atoms with E-state index < -0.39 is 0 Å². The van der Waals surface area contributed by atoms with Crippen LogP contribution in [0.4, 0.5) is 11.4 Å². The van der Waals surface area contributed by atoms with E-state index >= 15 is 0 Å². The number of anilines is 2. The van der Waals surface area contributed by atoms with Crippen molar-refractivity contribution in [2.24, 2.45) is 0 Å². The van der Waals surface area contributed by atoms with Gasteiger partial charge in [-0.05, 0) is 98.8 Å². The van der Waals surface area contributed by atoms with Crippen molar-refractivity contribution >= 4 is 75.6 Å². The molecule has 49 heavy (non-hydrogen) atoms. The molecule has 2 nitrogen and oxygen atoms in total. The van der Waals surface area contributed by atoms with Crippen LogP contribution in [0.15, 0.2) is 174 Å². The van der Waals surface area contributed by atoms with Crippen molar-refractivity contribution in [3.63, 3.8) is 0 Å². The Kier molecular flexibility index (Phi) is 6.39. The molecular weight excluding hydrogens is 615 g/mol. The van der Waals surface area contributed by atoms with E-state index in [0.717, 1.165) is 44.4 Å². The van der Waals surface area contributed by atoms with Gasteiger partial charge in [0, 0.05) is 31.2 Å². The van der Waals surface area contributed by atoms with E-state index in [2.05, 4.69) is 175 Å². The molecule has 0 bridgehead atoms. The van der Waals surface area contributed by atoms with E-state index in [0.29, 0.717) is 0 Å². The molecule has 0 amide bonds. The molecule has 0 radical (unpaired) electrons. The Balaban J connectivity index is 1.03. The van der Waals surface area contributed by atoms with Gasteiger partial charge in [0.1, 0.15) is 11.2 Å². The van der Waals surface area contributed by atoms with Crippen LogP contribution in [-0.2, 0) is 0 Å². The first-order valence-corrected chi connectivity index (χ1v) is 17.4. The first kappa shape index (κ1) is 27.9. The van der Waals surface area contributed by atoms with Crippen LogP contribution in [-0.4, -0.2) is 0 Å². The lowest BCUT2D eigenvalue weighted by Gasteiger charge is -2.11. The number of furan rings is 1. The molecule has 8 aromatic carbocycles. The minimum Gasteiger partial charge on any atom is -0.456 e. The lowest BCUT2D eigenvalue weighted by atomic mass is 9.95. The van der Waals surface area contributed by atoms with Gasteiger partial charge in [0.2, 0.25) is 0 Å². The Labute approximate surface area is 287 Å².